The monoisotopic (exact) mass is 326 g/mol. The molecule has 1 spiro atoms. The number of hydrogen-bond donors (Lipinski definition) is 0. The molecule has 2 fully saturated rings. The molecule has 120 valence electrons. The first-order valence-electron chi connectivity index (χ1n) is 7.05. The number of carbonyl (C=O) groups is 2. The van der Waals surface area contributed by atoms with E-state index in [0.717, 1.165) is 0 Å². The van der Waals surface area contributed by atoms with E-state index in [1.807, 2.05) is 0 Å². The molecule has 2 amide bonds. The third-order valence-corrected chi connectivity index (χ3v) is 7.22. The van der Waals surface area contributed by atoms with Gasteiger partial charge in [-0.05, 0) is 6.07 Å². The van der Waals surface area contributed by atoms with Crippen molar-refractivity contribution in [1.82, 2.24) is 19.6 Å². The van der Waals surface area contributed by atoms with Crippen molar-refractivity contribution in [1.29, 1.82) is 0 Å². The van der Waals surface area contributed by atoms with Crippen LogP contribution in [0.4, 0.5) is 0 Å². The summed E-state index contributed by atoms with van der Waals surface area (Å²) < 4.78 is 26.2. The Hall–Kier alpha value is -1.90. The first-order chi connectivity index (χ1) is 10.3. The van der Waals surface area contributed by atoms with Crippen LogP contribution in [-0.4, -0.2) is 70.6 Å². The van der Waals surface area contributed by atoms with Gasteiger partial charge in [0.05, 0.1) is 0 Å². The lowest BCUT2D eigenvalue weighted by atomic mass is 10.0. The molecular formula is C13H18N4O4S. The van der Waals surface area contributed by atoms with Gasteiger partial charge < -0.3 is 9.80 Å². The standard InChI is InChI=1S/C13H18N4O4S/c1-15-11(18)9-22(20,21)13(15)4-7-17(8-5-13)12(19)10-3-6-14-16(10)2/h3,6H,4-5,7-9H2,1-2H3. The lowest BCUT2D eigenvalue weighted by Gasteiger charge is -2.41. The molecule has 1 aromatic heterocycles. The third-order valence-electron chi connectivity index (χ3n) is 4.75. The molecule has 2 aliphatic heterocycles. The molecule has 3 rings (SSSR count). The Morgan fingerprint density at radius 2 is 1.91 bits per heavy atom. The van der Waals surface area contributed by atoms with Crippen LogP contribution in [0.25, 0.3) is 0 Å². The molecule has 0 aliphatic carbocycles. The van der Waals surface area contributed by atoms with Gasteiger partial charge in [0, 0.05) is 46.2 Å². The number of piperidine rings is 1. The molecule has 8 nitrogen and oxygen atoms in total. The number of aryl methyl sites for hydroxylation is 1. The van der Waals surface area contributed by atoms with Crippen LogP contribution in [0.15, 0.2) is 12.3 Å². The van der Waals surface area contributed by atoms with Crippen molar-refractivity contribution < 1.29 is 18.0 Å². The summed E-state index contributed by atoms with van der Waals surface area (Å²) in [6.07, 6.45) is 2.05. The van der Waals surface area contributed by atoms with Crippen molar-refractivity contribution in [3.63, 3.8) is 0 Å². The van der Waals surface area contributed by atoms with Crippen molar-refractivity contribution >= 4 is 21.7 Å². The van der Waals surface area contributed by atoms with Crippen LogP contribution < -0.4 is 0 Å². The fourth-order valence-electron chi connectivity index (χ4n) is 3.28. The summed E-state index contributed by atoms with van der Waals surface area (Å²) in [5.74, 6) is -0.968. The summed E-state index contributed by atoms with van der Waals surface area (Å²) in [5.41, 5.74) is 0.467. The second-order valence-electron chi connectivity index (χ2n) is 5.79. The molecule has 2 aliphatic rings. The fraction of sp³-hybridized carbons (Fsp3) is 0.615. The lowest BCUT2D eigenvalue weighted by Crippen LogP contribution is -2.55. The molecule has 22 heavy (non-hydrogen) atoms. The van der Waals surface area contributed by atoms with Crippen molar-refractivity contribution in [3.05, 3.63) is 18.0 Å². The van der Waals surface area contributed by atoms with E-state index in [4.69, 9.17) is 0 Å². The maximum absolute atomic E-state index is 12.4. The maximum Gasteiger partial charge on any atom is 0.272 e. The van der Waals surface area contributed by atoms with Crippen LogP contribution in [0.2, 0.25) is 0 Å². The summed E-state index contributed by atoms with van der Waals surface area (Å²) in [5, 5.41) is 3.97. The molecule has 0 aromatic carbocycles. The summed E-state index contributed by atoms with van der Waals surface area (Å²) in [6.45, 7) is 0.613. The zero-order chi connectivity index (χ0) is 16.1. The van der Waals surface area contributed by atoms with Crippen molar-refractivity contribution in [2.24, 2.45) is 7.05 Å². The smallest absolute Gasteiger partial charge is 0.272 e. The number of amides is 2. The molecule has 0 saturated carbocycles. The average molecular weight is 326 g/mol. The highest BCUT2D eigenvalue weighted by Crippen LogP contribution is 2.38. The van der Waals surface area contributed by atoms with Crippen LogP contribution >= 0.6 is 0 Å². The Morgan fingerprint density at radius 3 is 2.36 bits per heavy atom. The second kappa shape index (κ2) is 4.80. The van der Waals surface area contributed by atoms with E-state index in [-0.39, 0.29) is 24.7 Å². The predicted octanol–water partition coefficient (Wildman–Crippen LogP) is -0.761. The molecule has 3 heterocycles. The SMILES string of the molecule is CN1C(=O)CS(=O)(=O)C12CCN(C(=O)c1ccnn1C)CC2. The molecule has 0 atom stereocenters. The minimum absolute atomic E-state index is 0.167. The zero-order valence-electron chi connectivity index (χ0n) is 12.5. The Balaban J connectivity index is 1.80. The summed E-state index contributed by atoms with van der Waals surface area (Å²) in [4.78, 5) is 26.0. The molecule has 9 heteroatoms. The van der Waals surface area contributed by atoms with Crippen LogP contribution in [0.5, 0.6) is 0 Å². The van der Waals surface area contributed by atoms with Crippen LogP contribution in [0.1, 0.15) is 23.3 Å². The van der Waals surface area contributed by atoms with Crippen LogP contribution in [-0.2, 0) is 21.7 Å². The Morgan fingerprint density at radius 1 is 1.27 bits per heavy atom. The first-order valence-corrected chi connectivity index (χ1v) is 8.70. The number of carbonyl (C=O) groups excluding carboxylic acids is 2. The van der Waals surface area contributed by atoms with Gasteiger partial charge in [-0.1, -0.05) is 0 Å². The van der Waals surface area contributed by atoms with E-state index >= 15 is 0 Å². The van der Waals surface area contributed by atoms with Gasteiger partial charge in [0.15, 0.2) is 9.84 Å². The largest absolute Gasteiger partial charge is 0.337 e. The van der Waals surface area contributed by atoms with Gasteiger partial charge in [-0.15, -0.1) is 0 Å². The molecule has 1 aromatic rings. The maximum atomic E-state index is 12.4. The van der Waals surface area contributed by atoms with Gasteiger partial charge in [-0.2, -0.15) is 5.10 Å². The second-order valence-corrected chi connectivity index (χ2v) is 8.07. The molecule has 0 unspecified atom stereocenters. The van der Waals surface area contributed by atoms with E-state index in [0.29, 0.717) is 18.8 Å². The molecule has 0 radical (unpaired) electrons. The topological polar surface area (TPSA) is 92.6 Å². The quantitative estimate of drug-likeness (QED) is 0.676. The first kappa shape index (κ1) is 15.0. The van der Waals surface area contributed by atoms with Crippen LogP contribution in [0, 0.1) is 0 Å². The van der Waals surface area contributed by atoms with Gasteiger partial charge in [0.1, 0.15) is 16.3 Å². The average Bonchev–Trinajstić information content (AvgIpc) is 2.96. The number of nitrogens with zero attached hydrogens (tertiary/aromatic N) is 4. The van der Waals surface area contributed by atoms with Crippen molar-refractivity contribution in [2.75, 3.05) is 25.9 Å². The summed E-state index contributed by atoms with van der Waals surface area (Å²) >= 11 is 0. The number of hydrogen-bond acceptors (Lipinski definition) is 5. The Bertz CT molecular complexity index is 731. The van der Waals surface area contributed by atoms with Gasteiger partial charge in [-0.25, -0.2) is 8.42 Å². The third kappa shape index (κ3) is 1.95. The number of rotatable bonds is 1. The van der Waals surface area contributed by atoms with Gasteiger partial charge in [0.2, 0.25) is 5.91 Å². The number of aromatic nitrogens is 2. The van der Waals surface area contributed by atoms with Gasteiger partial charge in [0.25, 0.3) is 5.91 Å². The van der Waals surface area contributed by atoms with E-state index in [1.165, 1.54) is 16.6 Å². The zero-order valence-corrected chi connectivity index (χ0v) is 13.3. The minimum atomic E-state index is -3.50. The molecule has 0 bridgehead atoms. The number of likely N-dealkylation sites (tertiary alicyclic amines) is 1. The lowest BCUT2D eigenvalue weighted by molar-refractivity contribution is -0.129. The highest BCUT2D eigenvalue weighted by molar-refractivity contribution is 7.93. The van der Waals surface area contributed by atoms with Crippen molar-refractivity contribution in [2.45, 2.75) is 17.7 Å². The van der Waals surface area contributed by atoms with Gasteiger partial charge >= 0.3 is 0 Å². The number of sulfone groups is 1. The Labute approximate surface area is 128 Å². The highest BCUT2D eigenvalue weighted by Gasteiger charge is 2.57. The van der Waals surface area contributed by atoms with E-state index < -0.39 is 20.5 Å². The normalized spacial score (nSPS) is 23.3. The van der Waals surface area contributed by atoms with Crippen LogP contribution in [0.3, 0.4) is 0 Å². The van der Waals surface area contributed by atoms with E-state index in [1.54, 1.807) is 24.2 Å². The van der Waals surface area contributed by atoms with Crippen molar-refractivity contribution in [3.8, 4) is 0 Å². The fourth-order valence-corrected chi connectivity index (χ4v) is 5.39. The summed E-state index contributed by atoms with van der Waals surface area (Å²) in [7, 11) is -0.278. The Kier molecular flexibility index (Phi) is 3.28. The predicted molar refractivity (Wildman–Crippen MR) is 77.6 cm³/mol. The summed E-state index contributed by atoms with van der Waals surface area (Å²) in [6, 6.07) is 1.63. The van der Waals surface area contributed by atoms with E-state index in [9.17, 15) is 18.0 Å². The van der Waals surface area contributed by atoms with Gasteiger partial charge in [-0.3, -0.25) is 14.3 Å². The highest BCUT2D eigenvalue weighted by atomic mass is 32.2. The molecule has 2 saturated heterocycles. The molecule has 0 N–H and O–H groups in total. The van der Waals surface area contributed by atoms with E-state index in [2.05, 4.69) is 5.10 Å². The minimum Gasteiger partial charge on any atom is -0.337 e. The molecular weight excluding hydrogens is 308 g/mol.